The Hall–Kier alpha value is -4.02. The van der Waals surface area contributed by atoms with Gasteiger partial charge >= 0.3 is 12.4 Å². The second-order valence-electron chi connectivity index (χ2n) is 6.75. The number of rotatable bonds is 4. The summed E-state index contributed by atoms with van der Waals surface area (Å²) in [4.78, 5) is 25.5. The number of nitrogens with zero attached hydrogens (tertiary/aromatic N) is 7. The lowest BCUT2D eigenvalue weighted by Gasteiger charge is -2.23. The van der Waals surface area contributed by atoms with Crippen LogP contribution in [0.15, 0.2) is 36.7 Å². The monoisotopic (exact) mass is 469 g/mol. The molecule has 33 heavy (non-hydrogen) atoms. The number of amides is 1. The first-order valence-corrected chi connectivity index (χ1v) is 9.04. The predicted octanol–water partition coefficient (Wildman–Crippen LogP) is 3.80. The summed E-state index contributed by atoms with van der Waals surface area (Å²) in [6.07, 6.45) is -7.43. The topological polar surface area (TPSA) is 101 Å². The Labute approximate surface area is 182 Å². The summed E-state index contributed by atoms with van der Waals surface area (Å²) in [5.74, 6) is -1.47. The van der Waals surface area contributed by atoms with Gasteiger partial charge in [0.25, 0.3) is 11.9 Å². The predicted molar refractivity (Wildman–Crippen MR) is 98.6 cm³/mol. The van der Waals surface area contributed by atoms with Crippen molar-refractivity contribution in [3.05, 3.63) is 65.0 Å². The summed E-state index contributed by atoms with van der Waals surface area (Å²) < 4.78 is 79.7. The van der Waals surface area contributed by atoms with Crippen molar-refractivity contribution in [1.29, 1.82) is 5.26 Å². The third-order valence-corrected chi connectivity index (χ3v) is 4.57. The second kappa shape index (κ2) is 8.49. The molecule has 1 atom stereocenters. The Morgan fingerprint density at radius 1 is 1.06 bits per heavy atom. The van der Waals surface area contributed by atoms with Crippen LogP contribution < -0.4 is 0 Å². The first kappa shape index (κ1) is 23.6. The third-order valence-electron chi connectivity index (χ3n) is 4.57. The molecular formula is C19H13F6N7O. The van der Waals surface area contributed by atoms with Crippen molar-refractivity contribution in [3.8, 4) is 12.0 Å². The van der Waals surface area contributed by atoms with Gasteiger partial charge in [-0.25, -0.2) is 9.97 Å². The summed E-state index contributed by atoms with van der Waals surface area (Å²) in [6.45, 7) is 1.39. The van der Waals surface area contributed by atoms with Crippen molar-refractivity contribution in [2.75, 3.05) is 7.05 Å². The molecule has 3 aromatic rings. The van der Waals surface area contributed by atoms with Crippen LogP contribution >= 0.6 is 0 Å². The first-order valence-electron chi connectivity index (χ1n) is 9.04. The number of halogens is 6. The SMILES string of the molecule is CC(c1nc(C#N)n(-c2ncccn2)n1)N(C)C(=O)c1cc(C(F)(F)F)cc(C(F)(F)F)c1. The summed E-state index contributed by atoms with van der Waals surface area (Å²) in [5.41, 5.74) is -4.05. The molecule has 0 radical (unpaired) electrons. The Bertz CT molecular complexity index is 1180. The highest BCUT2D eigenvalue weighted by Gasteiger charge is 2.38. The van der Waals surface area contributed by atoms with Crippen LogP contribution in [0.5, 0.6) is 0 Å². The minimum absolute atomic E-state index is 0.00155. The third kappa shape index (κ3) is 4.92. The van der Waals surface area contributed by atoms with E-state index in [1.54, 1.807) is 6.07 Å². The highest BCUT2D eigenvalue weighted by molar-refractivity contribution is 5.94. The van der Waals surface area contributed by atoms with E-state index in [0.29, 0.717) is 12.1 Å². The number of carbonyl (C=O) groups is 1. The minimum atomic E-state index is -5.10. The van der Waals surface area contributed by atoms with E-state index in [-0.39, 0.29) is 23.7 Å². The normalized spacial score (nSPS) is 12.8. The fourth-order valence-corrected chi connectivity index (χ4v) is 2.75. The Kier molecular flexibility index (Phi) is 6.08. The van der Waals surface area contributed by atoms with Gasteiger partial charge < -0.3 is 4.90 Å². The fraction of sp³-hybridized carbons (Fsp3) is 0.263. The molecule has 0 aliphatic rings. The molecule has 2 heterocycles. The molecule has 1 unspecified atom stereocenters. The van der Waals surface area contributed by atoms with Crippen LogP contribution in [0.3, 0.4) is 0 Å². The van der Waals surface area contributed by atoms with E-state index in [0.717, 1.165) is 16.6 Å². The zero-order chi connectivity index (χ0) is 24.6. The molecule has 2 aromatic heterocycles. The Balaban J connectivity index is 1.98. The van der Waals surface area contributed by atoms with Crippen LogP contribution in [0.4, 0.5) is 26.3 Å². The van der Waals surface area contributed by atoms with E-state index in [1.807, 2.05) is 0 Å². The van der Waals surface area contributed by atoms with E-state index in [1.165, 1.54) is 25.4 Å². The van der Waals surface area contributed by atoms with Gasteiger partial charge in [0.1, 0.15) is 6.07 Å². The van der Waals surface area contributed by atoms with Crippen molar-refractivity contribution >= 4 is 5.91 Å². The van der Waals surface area contributed by atoms with E-state index in [4.69, 9.17) is 0 Å². The van der Waals surface area contributed by atoms with Gasteiger partial charge in [-0.3, -0.25) is 4.79 Å². The molecule has 0 aliphatic heterocycles. The largest absolute Gasteiger partial charge is 0.416 e. The molecule has 1 amide bonds. The van der Waals surface area contributed by atoms with Crippen LogP contribution in [0.25, 0.3) is 5.95 Å². The average Bonchev–Trinajstić information content (AvgIpc) is 3.21. The smallest absolute Gasteiger partial charge is 0.332 e. The molecule has 0 saturated carbocycles. The standard InChI is InChI=1S/C19H13F6N7O/c1-10(15-29-14(9-26)32(30-15)17-27-4-3-5-28-17)31(2)16(33)11-6-12(18(20,21)22)8-13(7-11)19(23,24)25/h3-8,10H,1-2H3. The van der Waals surface area contributed by atoms with Crippen molar-refractivity contribution in [2.24, 2.45) is 0 Å². The lowest BCUT2D eigenvalue weighted by Crippen LogP contribution is -2.31. The van der Waals surface area contributed by atoms with Gasteiger partial charge in [-0.05, 0) is 31.2 Å². The molecule has 1 aromatic carbocycles. The lowest BCUT2D eigenvalue weighted by atomic mass is 10.0. The molecule has 0 spiro atoms. The lowest BCUT2D eigenvalue weighted by molar-refractivity contribution is -0.143. The fourth-order valence-electron chi connectivity index (χ4n) is 2.75. The van der Waals surface area contributed by atoms with Gasteiger partial charge in [-0.1, -0.05) is 0 Å². The molecule has 0 bridgehead atoms. The summed E-state index contributed by atoms with van der Waals surface area (Å²) >= 11 is 0. The molecule has 3 rings (SSSR count). The van der Waals surface area contributed by atoms with Gasteiger partial charge in [-0.15, -0.1) is 5.10 Å². The number of carbonyl (C=O) groups excluding carboxylic acids is 1. The molecule has 0 aliphatic carbocycles. The van der Waals surface area contributed by atoms with Crippen LogP contribution in [0.2, 0.25) is 0 Å². The van der Waals surface area contributed by atoms with Crippen molar-refractivity contribution < 1.29 is 31.1 Å². The van der Waals surface area contributed by atoms with Crippen molar-refractivity contribution in [3.63, 3.8) is 0 Å². The number of nitriles is 1. The molecule has 14 heteroatoms. The summed E-state index contributed by atoms with van der Waals surface area (Å²) in [6, 6.07) is 2.87. The van der Waals surface area contributed by atoms with Crippen LogP contribution in [0.1, 0.15) is 46.1 Å². The minimum Gasteiger partial charge on any atom is -0.332 e. The molecule has 0 saturated heterocycles. The Morgan fingerprint density at radius 2 is 1.61 bits per heavy atom. The molecular weight excluding hydrogens is 456 g/mol. The molecule has 0 N–H and O–H groups in total. The van der Waals surface area contributed by atoms with Gasteiger partial charge in [0.2, 0.25) is 5.82 Å². The molecule has 172 valence electrons. The van der Waals surface area contributed by atoms with E-state index in [9.17, 15) is 36.4 Å². The van der Waals surface area contributed by atoms with E-state index in [2.05, 4.69) is 20.1 Å². The zero-order valence-electron chi connectivity index (χ0n) is 16.8. The van der Waals surface area contributed by atoms with Gasteiger partial charge in [0.05, 0.1) is 17.2 Å². The number of benzene rings is 1. The first-order chi connectivity index (χ1) is 15.3. The maximum Gasteiger partial charge on any atom is 0.416 e. The summed E-state index contributed by atoms with van der Waals surface area (Å²) in [7, 11) is 1.16. The number of aromatic nitrogens is 5. The van der Waals surface area contributed by atoms with Crippen LogP contribution in [-0.2, 0) is 12.4 Å². The highest BCUT2D eigenvalue weighted by atomic mass is 19.4. The Morgan fingerprint density at radius 3 is 2.09 bits per heavy atom. The van der Waals surface area contributed by atoms with E-state index >= 15 is 0 Å². The van der Waals surface area contributed by atoms with Gasteiger partial charge in [0.15, 0.2) is 5.82 Å². The quantitative estimate of drug-likeness (QED) is 0.539. The zero-order valence-corrected chi connectivity index (χ0v) is 16.8. The number of hydrogen-bond acceptors (Lipinski definition) is 6. The summed E-state index contributed by atoms with van der Waals surface area (Å²) in [5, 5.41) is 13.4. The van der Waals surface area contributed by atoms with Crippen molar-refractivity contribution in [2.45, 2.75) is 25.3 Å². The molecule has 0 fully saturated rings. The maximum atomic E-state index is 13.1. The second-order valence-corrected chi connectivity index (χ2v) is 6.75. The van der Waals surface area contributed by atoms with Gasteiger partial charge in [-0.2, -0.15) is 41.3 Å². The van der Waals surface area contributed by atoms with Crippen LogP contribution in [0, 0.1) is 11.3 Å². The van der Waals surface area contributed by atoms with Gasteiger partial charge in [0, 0.05) is 25.0 Å². The average molecular weight is 469 g/mol. The number of alkyl halides is 6. The van der Waals surface area contributed by atoms with E-state index < -0.39 is 41.0 Å². The van der Waals surface area contributed by atoms with Crippen molar-refractivity contribution in [1.82, 2.24) is 29.6 Å². The number of hydrogen-bond donors (Lipinski definition) is 0. The highest BCUT2D eigenvalue weighted by Crippen LogP contribution is 2.36. The maximum absolute atomic E-state index is 13.1. The van der Waals surface area contributed by atoms with Crippen LogP contribution in [-0.4, -0.2) is 42.6 Å². The molecule has 8 nitrogen and oxygen atoms in total.